The number of nitrogens with one attached hydrogen (secondary N) is 1. The summed E-state index contributed by atoms with van der Waals surface area (Å²) in [6.45, 7) is 4.51. The molecule has 1 aliphatic rings. The molecule has 0 spiro atoms. The predicted octanol–water partition coefficient (Wildman–Crippen LogP) is 3.26. The molecule has 1 aromatic rings. The number of benzene rings is 1. The summed E-state index contributed by atoms with van der Waals surface area (Å²) in [6, 6.07) is 7.73. The van der Waals surface area contributed by atoms with Crippen LogP contribution in [0, 0.1) is 0 Å². The molecular weight excluding hydrogens is 314 g/mol. The zero-order valence-electron chi connectivity index (χ0n) is 13.0. The molecule has 112 valence electrons. The lowest BCUT2D eigenvalue weighted by Crippen LogP contribution is -2.36. The van der Waals surface area contributed by atoms with Crippen LogP contribution in [0.1, 0.15) is 31.4 Å². The van der Waals surface area contributed by atoms with Gasteiger partial charge in [-0.15, -0.1) is 0 Å². The molecule has 3 nitrogen and oxygen atoms in total. The molecular formula is C16H26BrN3. The first-order valence-corrected chi connectivity index (χ1v) is 8.20. The fraction of sp³-hybridized carbons (Fsp3) is 0.625. The molecule has 20 heavy (non-hydrogen) atoms. The minimum Gasteiger partial charge on any atom is -0.372 e. The minimum atomic E-state index is 0.381. The van der Waals surface area contributed by atoms with Crippen LogP contribution in [0.4, 0.5) is 5.69 Å². The molecule has 1 fully saturated rings. The van der Waals surface area contributed by atoms with Crippen molar-refractivity contribution in [2.24, 2.45) is 0 Å². The van der Waals surface area contributed by atoms with Gasteiger partial charge in [-0.3, -0.25) is 0 Å². The first-order valence-electron chi connectivity index (χ1n) is 7.41. The van der Waals surface area contributed by atoms with E-state index in [0.717, 1.165) is 6.54 Å². The van der Waals surface area contributed by atoms with Gasteiger partial charge in [-0.05, 0) is 74.0 Å². The number of likely N-dealkylation sites (N-methyl/N-ethyl adjacent to an activating group) is 2. The van der Waals surface area contributed by atoms with Crippen LogP contribution in [0.25, 0.3) is 0 Å². The molecule has 1 N–H and O–H groups in total. The third kappa shape index (κ3) is 3.54. The number of halogens is 1. The second-order valence-electron chi connectivity index (χ2n) is 5.88. The monoisotopic (exact) mass is 339 g/mol. The van der Waals surface area contributed by atoms with E-state index in [9.17, 15) is 0 Å². The number of hydrogen-bond acceptors (Lipinski definition) is 3. The summed E-state index contributed by atoms with van der Waals surface area (Å²) in [7, 11) is 6.42. The molecule has 1 aromatic carbocycles. The van der Waals surface area contributed by atoms with E-state index in [1.807, 2.05) is 7.05 Å². The Balaban J connectivity index is 2.08. The van der Waals surface area contributed by atoms with Crippen LogP contribution >= 0.6 is 15.9 Å². The summed E-state index contributed by atoms with van der Waals surface area (Å²) in [6.07, 6.45) is 2.64. The van der Waals surface area contributed by atoms with Crippen molar-refractivity contribution >= 4 is 21.6 Å². The number of rotatable bonds is 5. The number of likely N-dealkylation sites (tertiary alicyclic amines) is 1. The molecule has 0 amide bonds. The molecule has 1 aliphatic heterocycles. The Kier molecular flexibility index (Phi) is 5.47. The van der Waals surface area contributed by atoms with Crippen LogP contribution in [0.5, 0.6) is 0 Å². The van der Waals surface area contributed by atoms with Crippen molar-refractivity contribution in [3.63, 3.8) is 0 Å². The van der Waals surface area contributed by atoms with Gasteiger partial charge < -0.3 is 15.1 Å². The Morgan fingerprint density at radius 1 is 1.50 bits per heavy atom. The Labute approximate surface area is 131 Å². The zero-order chi connectivity index (χ0) is 14.7. The highest BCUT2D eigenvalue weighted by Crippen LogP contribution is 2.29. The first kappa shape index (κ1) is 15.8. The maximum absolute atomic E-state index is 3.73. The van der Waals surface area contributed by atoms with E-state index in [0.29, 0.717) is 12.1 Å². The highest BCUT2D eigenvalue weighted by atomic mass is 79.9. The fourth-order valence-electron chi connectivity index (χ4n) is 2.89. The molecule has 0 aliphatic carbocycles. The van der Waals surface area contributed by atoms with Crippen molar-refractivity contribution in [1.82, 2.24) is 10.2 Å². The lowest BCUT2D eigenvalue weighted by atomic mass is 10.1. The SMILES string of the molecule is CNC(C)c1ccc(N(C)CC2CCCN2C)c(Br)c1. The van der Waals surface area contributed by atoms with E-state index in [4.69, 9.17) is 0 Å². The Hall–Kier alpha value is -0.580. The van der Waals surface area contributed by atoms with Gasteiger partial charge in [0.2, 0.25) is 0 Å². The second kappa shape index (κ2) is 6.92. The highest BCUT2D eigenvalue weighted by Gasteiger charge is 2.22. The lowest BCUT2D eigenvalue weighted by molar-refractivity contribution is 0.314. The van der Waals surface area contributed by atoms with Crippen molar-refractivity contribution in [3.05, 3.63) is 28.2 Å². The summed E-state index contributed by atoms with van der Waals surface area (Å²) in [5.41, 5.74) is 2.59. The van der Waals surface area contributed by atoms with Crippen molar-refractivity contribution in [3.8, 4) is 0 Å². The van der Waals surface area contributed by atoms with Crippen LogP contribution in [0.15, 0.2) is 22.7 Å². The van der Waals surface area contributed by atoms with Crippen LogP contribution in [0.3, 0.4) is 0 Å². The Bertz CT molecular complexity index is 449. The van der Waals surface area contributed by atoms with Gasteiger partial charge in [0.05, 0.1) is 5.69 Å². The summed E-state index contributed by atoms with van der Waals surface area (Å²) in [5.74, 6) is 0. The predicted molar refractivity (Wildman–Crippen MR) is 90.5 cm³/mol. The zero-order valence-corrected chi connectivity index (χ0v) is 14.6. The molecule has 4 heteroatoms. The van der Waals surface area contributed by atoms with E-state index in [-0.39, 0.29) is 0 Å². The van der Waals surface area contributed by atoms with E-state index < -0.39 is 0 Å². The summed E-state index contributed by atoms with van der Waals surface area (Å²) in [5, 5.41) is 3.28. The van der Waals surface area contributed by atoms with Gasteiger partial charge >= 0.3 is 0 Å². The maximum atomic E-state index is 3.73. The molecule has 2 unspecified atom stereocenters. The molecule has 0 bridgehead atoms. The Morgan fingerprint density at radius 2 is 2.25 bits per heavy atom. The number of nitrogens with zero attached hydrogens (tertiary/aromatic N) is 2. The fourth-order valence-corrected chi connectivity index (χ4v) is 3.59. The smallest absolute Gasteiger partial charge is 0.0508 e. The van der Waals surface area contributed by atoms with Gasteiger partial charge in [-0.1, -0.05) is 6.07 Å². The molecule has 1 saturated heterocycles. The van der Waals surface area contributed by atoms with Gasteiger partial charge in [0.15, 0.2) is 0 Å². The maximum Gasteiger partial charge on any atom is 0.0508 e. The van der Waals surface area contributed by atoms with E-state index >= 15 is 0 Å². The second-order valence-corrected chi connectivity index (χ2v) is 6.73. The third-order valence-corrected chi connectivity index (χ3v) is 5.11. The van der Waals surface area contributed by atoms with Gasteiger partial charge in [0.25, 0.3) is 0 Å². The molecule has 0 radical (unpaired) electrons. The summed E-state index contributed by atoms with van der Waals surface area (Å²) in [4.78, 5) is 4.84. The quantitative estimate of drug-likeness (QED) is 0.888. The lowest BCUT2D eigenvalue weighted by Gasteiger charge is -2.28. The van der Waals surface area contributed by atoms with E-state index in [2.05, 4.69) is 70.3 Å². The number of anilines is 1. The number of hydrogen-bond donors (Lipinski definition) is 1. The van der Waals surface area contributed by atoms with E-state index in [1.54, 1.807) is 0 Å². The van der Waals surface area contributed by atoms with Gasteiger partial charge in [-0.25, -0.2) is 0 Å². The van der Waals surface area contributed by atoms with Crippen LogP contribution < -0.4 is 10.2 Å². The average Bonchev–Trinajstić information content (AvgIpc) is 2.83. The largest absolute Gasteiger partial charge is 0.372 e. The summed E-state index contributed by atoms with van der Waals surface area (Å²) >= 11 is 3.73. The minimum absolute atomic E-state index is 0.381. The molecule has 2 rings (SSSR count). The van der Waals surface area contributed by atoms with Gasteiger partial charge in [-0.2, -0.15) is 0 Å². The standard InChI is InChI=1S/C16H26BrN3/c1-12(18-2)13-7-8-16(15(17)10-13)20(4)11-14-6-5-9-19(14)3/h7-8,10,12,14,18H,5-6,9,11H2,1-4H3. The molecule has 2 atom stereocenters. The Morgan fingerprint density at radius 3 is 2.80 bits per heavy atom. The molecule has 0 saturated carbocycles. The van der Waals surface area contributed by atoms with Gasteiger partial charge in [0.1, 0.15) is 0 Å². The van der Waals surface area contributed by atoms with Crippen molar-refractivity contribution < 1.29 is 0 Å². The van der Waals surface area contributed by atoms with Crippen LogP contribution in [0.2, 0.25) is 0 Å². The highest BCUT2D eigenvalue weighted by molar-refractivity contribution is 9.10. The van der Waals surface area contributed by atoms with E-state index in [1.165, 1.54) is 35.1 Å². The van der Waals surface area contributed by atoms with Crippen LogP contribution in [-0.2, 0) is 0 Å². The van der Waals surface area contributed by atoms with Gasteiger partial charge in [0, 0.05) is 30.1 Å². The van der Waals surface area contributed by atoms with Crippen molar-refractivity contribution in [2.45, 2.75) is 31.8 Å². The van der Waals surface area contributed by atoms with Crippen LogP contribution in [-0.4, -0.2) is 45.2 Å². The van der Waals surface area contributed by atoms with Crippen molar-refractivity contribution in [1.29, 1.82) is 0 Å². The normalized spacial score (nSPS) is 21.1. The first-order chi connectivity index (χ1) is 9.52. The van der Waals surface area contributed by atoms with Crippen molar-refractivity contribution in [2.75, 3.05) is 39.1 Å². The molecule has 0 aromatic heterocycles. The average molecular weight is 340 g/mol. The molecule has 1 heterocycles. The third-order valence-electron chi connectivity index (χ3n) is 4.47. The topological polar surface area (TPSA) is 18.5 Å². The summed E-state index contributed by atoms with van der Waals surface area (Å²) < 4.78 is 1.18.